The van der Waals surface area contributed by atoms with Crippen LogP contribution < -0.4 is 10.4 Å². The molecule has 1 saturated heterocycles. The smallest absolute Gasteiger partial charge is 0.259 e. The van der Waals surface area contributed by atoms with Gasteiger partial charge in [0.05, 0.1) is 0 Å². The van der Waals surface area contributed by atoms with Crippen molar-refractivity contribution in [2.75, 3.05) is 0 Å². The minimum atomic E-state index is -2.12. The molecule has 0 saturated carbocycles. The van der Waals surface area contributed by atoms with Gasteiger partial charge in [-0.3, -0.25) is 0 Å². The predicted molar refractivity (Wildman–Crippen MR) is 87.8 cm³/mol. The van der Waals surface area contributed by atoms with Gasteiger partial charge in [-0.25, -0.2) is 0 Å². The summed E-state index contributed by atoms with van der Waals surface area (Å²) in [6.07, 6.45) is 2.20. The highest BCUT2D eigenvalue weighted by molar-refractivity contribution is 6.97. The Morgan fingerprint density at radius 2 is 1.50 bits per heavy atom. The molecule has 0 radical (unpaired) electrons. The van der Waals surface area contributed by atoms with E-state index in [-0.39, 0.29) is 6.29 Å². The van der Waals surface area contributed by atoms with E-state index in [1.807, 2.05) is 0 Å². The number of rotatable bonds is 3. The quantitative estimate of drug-likeness (QED) is 0.793. The average Bonchev–Trinajstić information content (AvgIpc) is 2.56. The van der Waals surface area contributed by atoms with Crippen molar-refractivity contribution in [3.8, 4) is 0 Å². The summed E-state index contributed by atoms with van der Waals surface area (Å²) in [6.45, 7) is 0. The SMILES string of the molecule is [SiH3]OC1CCC[Si](c2ccccc2)(c2ccccc2)O1. The van der Waals surface area contributed by atoms with Crippen molar-refractivity contribution in [3.05, 3.63) is 60.7 Å². The van der Waals surface area contributed by atoms with Gasteiger partial charge in [-0.1, -0.05) is 60.7 Å². The molecule has 1 atom stereocenters. The largest absolute Gasteiger partial charge is 0.404 e. The summed E-state index contributed by atoms with van der Waals surface area (Å²) in [7, 11) is -1.39. The maximum atomic E-state index is 6.55. The van der Waals surface area contributed by atoms with Crippen LogP contribution in [-0.4, -0.2) is 25.1 Å². The van der Waals surface area contributed by atoms with Gasteiger partial charge in [0.2, 0.25) is 0 Å². The molecule has 4 heteroatoms. The average molecular weight is 301 g/mol. The molecule has 1 fully saturated rings. The van der Waals surface area contributed by atoms with Crippen molar-refractivity contribution in [1.82, 2.24) is 0 Å². The van der Waals surface area contributed by atoms with Gasteiger partial charge in [0.25, 0.3) is 8.32 Å². The first kappa shape index (κ1) is 13.8. The van der Waals surface area contributed by atoms with E-state index in [2.05, 4.69) is 60.7 Å². The summed E-state index contributed by atoms with van der Waals surface area (Å²) < 4.78 is 12.2. The summed E-state index contributed by atoms with van der Waals surface area (Å²) in [4.78, 5) is 0. The molecule has 1 aliphatic heterocycles. The third-order valence-corrected chi connectivity index (χ3v) is 8.83. The molecule has 20 heavy (non-hydrogen) atoms. The minimum Gasteiger partial charge on any atom is -0.404 e. The molecular weight excluding hydrogens is 280 g/mol. The van der Waals surface area contributed by atoms with Gasteiger partial charge in [0, 0.05) is 0 Å². The lowest BCUT2D eigenvalue weighted by Crippen LogP contribution is -2.64. The third-order valence-electron chi connectivity index (χ3n) is 4.04. The lowest BCUT2D eigenvalue weighted by Gasteiger charge is -2.39. The van der Waals surface area contributed by atoms with Gasteiger partial charge in [0.15, 0.2) is 0 Å². The van der Waals surface area contributed by atoms with Crippen LogP contribution in [0.3, 0.4) is 0 Å². The van der Waals surface area contributed by atoms with E-state index < -0.39 is 8.32 Å². The summed E-state index contributed by atoms with van der Waals surface area (Å²) in [5, 5.41) is 2.71. The maximum absolute atomic E-state index is 6.55. The molecule has 1 heterocycles. The van der Waals surface area contributed by atoms with Crippen LogP contribution in [0.25, 0.3) is 0 Å². The fraction of sp³-hybridized carbons (Fsp3) is 0.250. The van der Waals surface area contributed by atoms with Crippen molar-refractivity contribution in [2.24, 2.45) is 0 Å². The zero-order valence-corrected chi connectivity index (χ0v) is 14.8. The second-order valence-electron chi connectivity index (χ2n) is 5.23. The minimum absolute atomic E-state index is 0.0116. The summed E-state index contributed by atoms with van der Waals surface area (Å²) in [5.41, 5.74) is 0. The maximum Gasteiger partial charge on any atom is 0.259 e. The first-order valence-electron chi connectivity index (χ1n) is 7.17. The highest BCUT2D eigenvalue weighted by atomic mass is 28.4. The van der Waals surface area contributed by atoms with Crippen molar-refractivity contribution in [1.29, 1.82) is 0 Å². The summed E-state index contributed by atoms with van der Waals surface area (Å²) >= 11 is 0. The van der Waals surface area contributed by atoms with Crippen molar-refractivity contribution in [2.45, 2.75) is 25.2 Å². The molecule has 0 aliphatic carbocycles. The highest BCUT2D eigenvalue weighted by Gasteiger charge is 2.43. The van der Waals surface area contributed by atoms with E-state index in [4.69, 9.17) is 8.85 Å². The molecule has 2 aromatic rings. The second-order valence-corrected chi connectivity index (χ2v) is 9.25. The zero-order valence-electron chi connectivity index (χ0n) is 11.8. The third kappa shape index (κ3) is 2.52. The van der Waals surface area contributed by atoms with Gasteiger partial charge in [-0.05, 0) is 29.3 Å². The van der Waals surface area contributed by atoms with E-state index in [1.54, 1.807) is 0 Å². The fourth-order valence-electron chi connectivity index (χ4n) is 3.03. The lowest BCUT2D eigenvalue weighted by atomic mass is 10.3. The molecule has 2 aromatic carbocycles. The topological polar surface area (TPSA) is 18.5 Å². The zero-order chi connectivity index (χ0) is 13.8. The molecule has 104 valence electrons. The first-order valence-corrected chi connectivity index (χ1v) is 10.1. The summed E-state index contributed by atoms with van der Waals surface area (Å²) in [6, 6.07) is 22.6. The van der Waals surface area contributed by atoms with Crippen molar-refractivity contribution in [3.63, 3.8) is 0 Å². The second kappa shape index (κ2) is 6.05. The fourth-order valence-corrected chi connectivity index (χ4v) is 7.68. The molecule has 0 aromatic heterocycles. The molecular formula is C16H20O2Si2. The van der Waals surface area contributed by atoms with E-state index in [0.717, 1.165) is 23.0 Å². The molecule has 0 spiro atoms. The van der Waals surface area contributed by atoms with E-state index >= 15 is 0 Å². The molecule has 1 unspecified atom stereocenters. The van der Waals surface area contributed by atoms with E-state index in [9.17, 15) is 0 Å². The number of benzene rings is 2. The predicted octanol–water partition coefficient (Wildman–Crippen LogP) is 1.18. The first-order chi connectivity index (χ1) is 9.85. The Hall–Kier alpha value is -1.21. The Labute approximate surface area is 124 Å². The van der Waals surface area contributed by atoms with Crippen molar-refractivity contribution < 1.29 is 8.85 Å². The van der Waals surface area contributed by atoms with Crippen LogP contribution in [0.2, 0.25) is 6.04 Å². The Morgan fingerprint density at radius 3 is 2.00 bits per heavy atom. The Balaban J connectivity index is 2.08. The van der Waals surface area contributed by atoms with Crippen LogP contribution in [0.15, 0.2) is 60.7 Å². The van der Waals surface area contributed by atoms with E-state index in [0.29, 0.717) is 0 Å². The van der Waals surface area contributed by atoms with Gasteiger partial charge in [0.1, 0.15) is 16.8 Å². The van der Waals surface area contributed by atoms with Crippen LogP contribution >= 0.6 is 0 Å². The van der Waals surface area contributed by atoms with Crippen LogP contribution in [-0.2, 0) is 8.85 Å². The highest BCUT2D eigenvalue weighted by Crippen LogP contribution is 2.26. The Morgan fingerprint density at radius 1 is 0.950 bits per heavy atom. The Bertz CT molecular complexity index is 505. The molecule has 0 bridgehead atoms. The van der Waals surface area contributed by atoms with Gasteiger partial charge in [-0.15, -0.1) is 0 Å². The lowest BCUT2D eigenvalue weighted by molar-refractivity contribution is -0.00994. The molecule has 0 amide bonds. The van der Waals surface area contributed by atoms with Gasteiger partial charge < -0.3 is 8.85 Å². The Kier molecular flexibility index (Phi) is 4.17. The molecule has 3 rings (SSSR count). The standard InChI is InChI=1S/C16H20O2Si2/c19-17-16-12-7-13-20(18-16,14-8-3-1-4-9-14)15-10-5-2-6-11-15/h1-6,8-11,16H,7,12-13H2,19H3. The number of hydrogen-bond acceptors (Lipinski definition) is 2. The van der Waals surface area contributed by atoms with Gasteiger partial charge >= 0.3 is 0 Å². The number of hydrogen-bond donors (Lipinski definition) is 0. The summed E-state index contributed by atoms with van der Waals surface area (Å²) in [5.74, 6) is 0. The van der Waals surface area contributed by atoms with E-state index in [1.165, 1.54) is 16.8 Å². The molecule has 0 N–H and O–H groups in total. The van der Waals surface area contributed by atoms with Crippen LogP contribution in [0.5, 0.6) is 0 Å². The van der Waals surface area contributed by atoms with Gasteiger partial charge in [-0.2, -0.15) is 0 Å². The van der Waals surface area contributed by atoms with Crippen molar-refractivity contribution >= 4 is 29.2 Å². The van der Waals surface area contributed by atoms with Crippen LogP contribution in [0, 0.1) is 0 Å². The molecule has 2 nitrogen and oxygen atoms in total. The van der Waals surface area contributed by atoms with Crippen LogP contribution in [0.4, 0.5) is 0 Å². The normalized spacial score (nSPS) is 21.7. The van der Waals surface area contributed by atoms with Crippen LogP contribution in [0.1, 0.15) is 12.8 Å². The monoisotopic (exact) mass is 300 g/mol. The molecule has 1 aliphatic rings.